The summed E-state index contributed by atoms with van der Waals surface area (Å²) in [6.45, 7) is -0.323. The molecule has 0 atom stereocenters. The SMILES string of the molecule is COc1ccc(C(=O)N(CC(=O)O)C2CCCC2)cc1O. The molecule has 1 amide bonds. The lowest BCUT2D eigenvalue weighted by Crippen LogP contribution is -2.42. The molecule has 2 N–H and O–H groups in total. The number of phenolic OH excluding ortho intramolecular Hbond substituents is 1. The molecule has 114 valence electrons. The summed E-state index contributed by atoms with van der Waals surface area (Å²) in [5.41, 5.74) is 0.265. The smallest absolute Gasteiger partial charge is 0.323 e. The lowest BCUT2D eigenvalue weighted by Gasteiger charge is -2.27. The first-order valence-electron chi connectivity index (χ1n) is 6.92. The van der Waals surface area contributed by atoms with Crippen LogP contribution in [0.5, 0.6) is 11.5 Å². The van der Waals surface area contributed by atoms with Gasteiger partial charge in [0.15, 0.2) is 11.5 Å². The van der Waals surface area contributed by atoms with E-state index in [1.165, 1.54) is 30.2 Å². The maximum Gasteiger partial charge on any atom is 0.323 e. The second-order valence-electron chi connectivity index (χ2n) is 5.15. The van der Waals surface area contributed by atoms with Crippen LogP contribution >= 0.6 is 0 Å². The van der Waals surface area contributed by atoms with Crippen molar-refractivity contribution >= 4 is 11.9 Å². The third-order valence-corrected chi connectivity index (χ3v) is 3.76. The first-order chi connectivity index (χ1) is 10.0. The summed E-state index contributed by atoms with van der Waals surface area (Å²) in [5.74, 6) is -1.27. The number of rotatable bonds is 5. The van der Waals surface area contributed by atoms with Crippen LogP contribution in [0.2, 0.25) is 0 Å². The number of aliphatic carboxylic acids is 1. The van der Waals surface area contributed by atoms with Gasteiger partial charge in [0, 0.05) is 11.6 Å². The van der Waals surface area contributed by atoms with E-state index in [1.807, 2.05) is 0 Å². The first kappa shape index (κ1) is 15.2. The Balaban J connectivity index is 2.24. The minimum atomic E-state index is -1.03. The van der Waals surface area contributed by atoms with Gasteiger partial charge in [-0.05, 0) is 31.0 Å². The maximum absolute atomic E-state index is 12.5. The van der Waals surface area contributed by atoms with E-state index in [9.17, 15) is 14.7 Å². The minimum Gasteiger partial charge on any atom is -0.504 e. The molecule has 0 aliphatic heterocycles. The van der Waals surface area contributed by atoms with Gasteiger partial charge in [0.1, 0.15) is 6.54 Å². The number of ether oxygens (including phenoxy) is 1. The molecule has 1 fully saturated rings. The van der Waals surface area contributed by atoms with Crippen molar-refractivity contribution < 1.29 is 24.5 Å². The van der Waals surface area contributed by atoms with E-state index in [1.54, 1.807) is 0 Å². The number of nitrogens with zero attached hydrogens (tertiary/aromatic N) is 1. The van der Waals surface area contributed by atoms with E-state index in [-0.39, 0.29) is 35.6 Å². The highest BCUT2D eigenvalue weighted by Crippen LogP contribution is 2.29. The minimum absolute atomic E-state index is 0.0437. The fourth-order valence-electron chi connectivity index (χ4n) is 2.72. The number of carboxylic acids is 1. The Kier molecular flexibility index (Phi) is 4.67. The highest BCUT2D eigenvalue weighted by Gasteiger charge is 2.29. The Labute approximate surface area is 122 Å². The maximum atomic E-state index is 12.5. The third-order valence-electron chi connectivity index (χ3n) is 3.76. The molecule has 0 saturated heterocycles. The Hall–Kier alpha value is -2.24. The van der Waals surface area contributed by atoms with Gasteiger partial charge in [-0.15, -0.1) is 0 Å². The van der Waals surface area contributed by atoms with Crippen LogP contribution in [0.4, 0.5) is 0 Å². The molecule has 6 heteroatoms. The molecule has 2 rings (SSSR count). The molecular weight excluding hydrogens is 274 g/mol. The first-order valence-corrected chi connectivity index (χ1v) is 6.92. The van der Waals surface area contributed by atoms with Crippen molar-refractivity contribution in [2.24, 2.45) is 0 Å². The van der Waals surface area contributed by atoms with Crippen LogP contribution < -0.4 is 4.74 Å². The third kappa shape index (κ3) is 3.45. The number of hydrogen-bond donors (Lipinski definition) is 2. The fraction of sp³-hybridized carbons (Fsp3) is 0.467. The van der Waals surface area contributed by atoms with Crippen molar-refractivity contribution in [3.05, 3.63) is 23.8 Å². The number of methoxy groups -OCH3 is 1. The van der Waals surface area contributed by atoms with Crippen molar-refractivity contribution in [1.29, 1.82) is 0 Å². The largest absolute Gasteiger partial charge is 0.504 e. The zero-order valence-corrected chi connectivity index (χ0v) is 11.9. The number of carboxylic acid groups (broad SMARTS) is 1. The molecule has 1 aliphatic rings. The van der Waals surface area contributed by atoms with Gasteiger partial charge >= 0.3 is 5.97 Å². The van der Waals surface area contributed by atoms with Gasteiger partial charge in [-0.3, -0.25) is 9.59 Å². The average molecular weight is 293 g/mol. The van der Waals surface area contributed by atoms with Crippen LogP contribution in [-0.4, -0.2) is 46.7 Å². The Morgan fingerprint density at radius 3 is 2.52 bits per heavy atom. The van der Waals surface area contributed by atoms with Crippen molar-refractivity contribution in [2.45, 2.75) is 31.7 Å². The highest BCUT2D eigenvalue weighted by molar-refractivity contribution is 5.96. The molecule has 0 heterocycles. The van der Waals surface area contributed by atoms with Crippen molar-refractivity contribution in [2.75, 3.05) is 13.7 Å². The number of carbonyl (C=O) groups is 2. The summed E-state index contributed by atoms with van der Waals surface area (Å²) in [6, 6.07) is 4.30. The van der Waals surface area contributed by atoms with Crippen LogP contribution in [0.1, 0.15) is 36.0 Å². The van der Waals surface area contributed by atoms with Gasteiger partial charge in [0.25, 0.3) is 5.91 Å². The number of hydrogen-bond acceptors (Lipinski definition) is 4. The van der Waals surface area contributed by atoms with E-state index < -0.39 is 5.97 Å². The number of carbonyl (C=O) groups excluding carboxylic acids is 1. The molecule has 0 bridgehead atoms. The van der Waals surface area contributed by atoms with Crippen molar-refractivity contribution in [1.82, 2.24) is 4.90 Å². The second-order valence-corrected chi connectivity index (χ2v) is 5.15. The molecule has 1 aromatic carbocycles. The van der Waals surface area contributed by atoms with E-state index >= 15 is 0 Å². The zero-order chi connectivity index (χ0) is 15.4. The monoisotopic (exact) mass is 293 g/mol. The quantitative estimate of drug-likeness (QED) is 0.865. The van der Waals surface area contributed by atoms with Gasteiger partial charge in [-0.25, -0.2) is 0 Å². The predicted octanol–water partition coefficient (Wildman–Crippen LogP) is 1.87. The van der Waals surface area contributed by atoms with Gasteiger partial charge in [0.2, 0.25) is 0 Å². The van der Waals surface area contributed by atoms with Crippen LogP contribution in [-0.2, 0) is 4.79 Å². The van der Waals surface area contributed by atoms with Gasteiger partial charge in [-0.1, -0.05) is 12.8 Å². The van der Waals surface area contributed by atoms with Crippen LogP contribution in [0.15, 0.2) is 18.2 Å². The molecule has 21 heavy (non-hydrogen) atoms. The number of benzene rings is 1. The van der Waals surface area contributed by atoms with Crippen LogP contribution in [0.3, 0.4) is 0 Å². The van der Waals surface area contributed by atoms with Crippen LogP contribution in [0.25, 0.3) is 0 Å². The Bertz CT molecular complexity index is 537. The van der Waals surface area contributed by atoms with Crippen molar-refractivity contribution in [3.8, 4) is 11.5 Å². The lowest BCUT2D eigenvalue weighted by molar-refractivity contribution is -0.138. The lowest BCUT2D eigenvalue weighted by atomic mass is 10.1. The van der Waals surface area contributed by atoms with Crippen molar-refractivity contribution in [3.63, 3.8) is 0 Å². The van der Waals surface area contributed by atoms with E-state index in [4.69, 9.17) is 9.84 Å². The summed E-state index contributed by atoms with van der Waals surface area (Å²) >= 11 is 0. The van der Waals surface area contributed by atoms with E-state index in [2.05, 4.69) is 0 Å². The fourth-order valence-corrected chi connectivity index (χ4v) is 2.72. The molecule has 1 aromatic rings. The van der Waals surface area contributed by atoms with Gasteiger partial charge in [-0.2, -0.15) is 0 Å². The summed E-state index contributed by atoms with van der Waals surface area (Å²) in [4.78, 5) is 24.9. The summed E-state index contributed by atoms with van der Waals surface area (Å²) in [6.07, 6.45) is 3.65. The zero-order valence-electron chi connectivity index (χ0n) is 11.9. The highest BCUT2D eigenvalue weighted by atomic mass is 16.5. The second kappa shape index (κ2) is 6.47. The molecule has 6 nitrogen and oxygen atoms in total. The average Bonchev–Trinajstić information content (AvgIpc) is 2.97. The molecule has 1 aliphatic carbocycles. The number of phenols is 1. The normalized spacial score (nSPS) is 14.9. The molecular formula is C15H19NO5. The number of aromatic hydroxyl groups is 1. The standard InChI is InChI=1S/C15H19NO5/c1-21-13-7-6-10(8-12(13)17)15(20)16(9-14(18)19)11-4-2-3-5-11/h6-8,11,17H,2-5,9H2,1H3,(H,18,19). The molecule has 0 aromatic heterocycles. The van der Waals surface area contributed by atoms with Gasteiger partial charge < -0.3 is 19.8 Å². The Morgan fingerprint density at radius 2 is 2.00 bits per heavy atom. The van der Waals surface area contributed by atoms with E-state index in [0.29, 0.717) is 0 Å². The number of amides is 1. The molecule has 0 spiro atoms. The molecule has 1 saturated carbocycles. The summed E-state index contributed by atoms with van der Waals surface area (Å²) in [7, 11) is 1.42. The molecule has 0 unspecified atom stereocenters. The van der Waals surface area contributed by atoms with Gasteiger partial charge in [0.05, 0.1) is 7.11 Å². The Morgan fingerprint density at radius 1 is 1.33 bits per heavy atom. The van der Waals surface area contributed by atoms with E-state index in [0.717, 1.165) is 25.7 Å². The van der Waals surface area contributed by atoms with Crippen LogP contribution in [0, 0.1) is 0 Å². The summed E-state index contributed by atoms with van der Waals surface area (Å²) < 4.78 is 4.94. The summed E-state index contributed by atoms with van der Waals surface area (Å²) in [5, 5.41) is 18.8. The predicted molar refractivity (Wildman–Crippen MR) is 75.6 cm³/mol. The topological polar surface area (TPSA) is 87.1 Å². The molecule has 0 radical (unpaired) electrons.